The molecule has 0 atom stereocenters. The number of nitriles is 2. The maximum atomic E-state index is 12.0. The highest BCUT2D eigenvalue weighted by atomic mass is 35.5. The van der Waals surface area contributed by atoms with Gasteiger partial charge in [0.2, 0.25) is 0 Å². The first-order valence-corrected chi connectivity index (χ1v) is 11.8. The Bertz CT molecular complexity index is 1340. The second-order valence-electron chi connectivity index (χ2n) is 9.07. The third-order valence-corrected chi connectivity index (χ3v) is 6.43. The molecule has 0 radical (unpaired) electrons. The third-order valence-electron chi connectivity index (χ3n) is 6.09. The van der Waals surface area contributed by atoms with Gasteiger partial charge in [-0.25, -0.2) is 4.98 Å². The highest BCUT2D eigenvalue weighted by molar-refractivity contribution is 6.30. The summed E-state index contributed by atoms with van der Waals surface area (Å²) < 4.78 is 7.55. The Kier molecular flexibility index (Phi) is 7.21. The normalized spacial score (nSPS) is 12.9. The van der Waals surface area contributed by atoms with E-state index in [1.54, 1.807) is 37.3 Å². The van der Waals surface area contributed by atoms with Gasteiger partial charge in [-0.1, -0.05) is 23.7 Å². The Morgan fingerprint density at radius 2 is 1.94 bits per heavy atom. The molecule has 3 aromatic rings. The molecular weight excluding hydrogens is 462 g/mol. The maximum Gasteiger partial charge on any atom is 0.320 e. The van der Waals surface area contributed by atoms with Crippen LogP contribution in [0.15, 0.2) is 36.5 Å². The molecule has 178 valence electrons. The van der Waals surface area contributed by atoms with Crippen molar-refractivity contribution in [1.82, 2.24) is 14.5 Å². The third kappa shape index (κ3) is 5.38. The molecule has 2 heterocycles. The first-order chi connectivity index (χ1) is 16.8. The predicted octanol–water partition coefficient (Wildman–Crippen LogP) is 4.79. The van der Waals surface area contributed by atoms with Gasteiger partial charge in [-0.3, -0.25) is 9.69 Å². The summed E-state index contributed by atoms with van der Waals surface area (Å²) >= 11 is 6.28. The summed E-state index contributed by atoms with van der Waals surface area (Å²) in [6.07, 6.45) is 3.82. The lowest BCUT2D eigenvalue weighted by atomic mass is 9.99. The number of carbonyl (C=O) groups is 1. The molecule has 1 aliphatic carbocycles. The number of hydrogen-bond acceptors (Lipinski definition) is 6. The number of esters is 1. The van der Waals surface area contributed by atoms with E-state index in [1.807, 2.05) is 25.1 Å². The van der Waals surface area contributed by atoms with Crippen LogP contribution in [0, 0.1) is 29.6 Å². The molecule has 1 aromatic carbocycles. The molecule has 2 aromatic heterocycles. The molecule has 1 saturated carbocycles. The Labute approximate surface area is 210 Å². The number of rotatable bonds is 8. The monoisotopic (exact) mass is 487 g/mol. The Morgan fingerprint density at radius 3 is 2.54 bits per heavy atom. The molecule has 0 bridgehead atoms. The van der Waals surface area contributed by atoms with E-state index in [2.05, 4.69) is 21.7 Å². The predicted molar refractivity (Wildman–Crippen MR) is 133 cm³/mol. The Hall–Kier alpha value is -3.65. The van der Waals surface area contributed by atoms with Gasteiger partial charge in [0.1, 0.15) is 17.8 Å². The van der Waals surface area contributed by atoms with E-state index in [0.717, 1.165) is 40.9 Å². The standard InChI is InChI=1S/C27H26ClN5O2/c1-17-25(20-6-4-18(11-29)5-7-20)23(12-30)26(21-8-9-21)33(17)14-19-10-22(27(28)31-13-19)16-35-24(34)15-32(2)3/h4-7,10,13,21H,8-9,14-16H2,1-3H3. The molecule has 0 saturated heterocycles. The van der Waals surface area contributed by atoms with E-state index in [1.165, 1.54) is 0 Å². The summed E-state index contributed by atoms with van der Waals surface area (Å²) in [6.45, 7) is 2.78. The van der Waals surface area contributed by atoms with Crippen molar-refractivity contribution in [3.05, 3.63) is 75.3 Å². The van der Waals surface area contributed by atoms with Gasteiger partial charge in [0.15, 0.2) is 0 Å². The van der Waals surface area contributed by atoms with Gasteiger partial charge in [-0.05, 0) is 63.2 Å². The van der Waals surface area contributed by atoms with Gasteiger partial charge in [0, 0.05) is 41.2 Å². The second kappa shape index (κ2) is 10.3. The topological polar surface area (TPSA) is 94.9 Å². The molecule has 0 amide bonds. The van der Waals surface area contributed by atoms with Crippen LogP contribution < -0.4 is 0 Å². The number of likely N-dealkylation sites (N-methyl/N-ethyl adjacent to an activating group) is 1. The molecule has 0 aliphatic heterocycles. The van der Waals surface area contributed by atoms with Crippen molar-refractivity contribution in [2.75, 3.05) is 20.6 Å². The van der Waals surface area contributed by atoms with E-state index in [9.17, 15) is 10.1 Å². The van der Waals surface area contributed by atoms with E-state index in [0.29, 0.717) is 34.3 Å². The van der Waals surface area contributed by atoms with Crippen LogP contribution in [-0.2, 0) is 22.7 Å². The molecule has 1 fully saturated rings. The van der Waals surface area contributed by atoms with Crippen molar-refractivity contribution >= 4 is 17.6 Å². The molecule has 8 heteroatoms. The highest BCUT2D eigenvalue weighted by Crippen LogP contribution is 2.46. The number of carbonyl (C=O) groups excluding carboxylic acids is 1. The average Bonchev–Trinajstić information content (AvgIpc) is 3.64. The Morgan fingerprint density at radius 1 is 1.23 bits per heavy atom. The van der Waals surface area contributed by atoms with Gasteiger partial charge < -0.3 is 9.30 Å². The van der Waals surface area contributed by atoms with Crippen molar-refractivity contribution in [1.29, 1.82) is 10.5 Å². The SMILES string of the molecule is Cc1c(-c2ccc(C#N)cc2)c(C#N)c(C2CC2)n1Cc1cnc(Cl)c(COC(=O)CN(C)C)c1. The van der Waals surface area contributed by atoms with Gasteiger partial charge in [-0.15, -0.1) is 0 Å². The quantitative estimate of drug-likeness (QED) is 0.335. The van der Waals surface area contributed by atoms with E-state index in [-0.39, 0.29) is 19.1 Å². The lowest BCUT2D eigenvalue weighted by Gasteiger charge is -2.14. The Balaban J connectivity index is 1.68. The fourth-order valence-corrected chi connectivity index (χ4v) is 4.46. The van der Waals surface area contributed by atoms with Crippen molar-refractivity contribution in [3.8, 4) is 23.3 Å². The van der Waals surface area contributed by atoms with E-state index < -0.39 is 0 Å². The summed E-state index contributed by atoms with van der Waals surface area (Å²) in [5, 5.41) is 19.6. The van der Waals surface area contributed by atoms with Crippen LogP contribution in [0.4, 0.5) is 0 Å². The number of nitrogens with zero attached hydrogens (tertiary/aromatic N) is 5. The smallest absolute Gasteiger partial charge is 0.320 e. The summed E-state index contributed by atoms with van der Waals surface area (Å²) in [7, 11) is 3.60. The lowest BCUT2D eigenvalue weighted by Crippen LogP contribution is -2.23. The largest absolute Gasteiger partial charge is 0.460 e. The van der Waals surface area contributed by atoms with Gasteiger partial charge in [0.25, 0.3) is 0 Å². The van der Waals surface area contributed by atoms with Crippen LogP contribution in [-0.4, -0.2) is 41.1 Å². The van der Waals surface area contributed by atoms with Gasteiger partial charge in [-0.2, -0.15) is 10.5 Å². The number of pyridine rings is 1. The zero-order valence-corrected chi connectivity index (χ0v) is 20.8. The van der Waals surface area contributed by atoms with Gasteiger partial charge >= 0.3 is 5.97 Å². The molecule has 0 unspecified atom stereocenters. The molecular formula is C27H26ClN5O2. The average molecular weight is 488 g/mol. The fourth-order valence-electron chi connectivity index (χ4n) is 4.30. The van der Waals surface area contributed by atoms with Crippen molar-refractivity contribution in [3.63, 3.8) is 0 Å². The summed E-state index contributed by atoms with van der Waals surface area (Å²) in [5.74, 6) is 0.0154. The molecule has 35 heavy (non-hydrogen) atoms. The fraction of sp³-hybridized carbons (Fsp3) is 0.333. The first kappa shape index (κ1) is 24.5. The number of aromatic nitrogens is 2. The van der Waals surface area contributed by atoms with Crippen molar-refractivity contribution in [2.24, 2.45) is 0 Å². The van der Waals surface area contributed by atoms with Crippen LogP contribution >= 0.6 is 11.6 Å². The lowest BCUT2D eigenvalue weighted by molar-refractivity contribution is -0.145. The van der Waals surface area contributed by atoms with Crippen LogP contribution in [0.1, 0.15) is 52.4 Å². The number of ether oxygens (including phenoxy) is 1. The van der Waals surface area contributed by atoms with Crippen LogP contribution in [0.3, 0.4) is 0 Å². The number of halogens is 1. The zero-order valence-electron chi connectivity index (χ0n) is 20.0. The minimum Gasteiger partial charge on any atom is -0.460 e. The molecule has 1 aliphatic rings. The van der Waals surface area contributed by atoms with E-state index in [4.69, 9.17) is 21.6 Å². The van der Waals surface area contributed by atoms with Crippen molar-refractivity contribution < 1.29 is 9.53 Å². The number of benzene rings is 1. The molecule has 7 nitrogen and oxygen atoms in total. The van der Waals surface area contributed by atoms with E-state index >= 15 is 0 Å². The summed E-state index contributed by atoms with van der Waals surface area (Å²) in [5.41, 5.74) is 6.67. The zero-order chi connectivity index (χ0) is 25.1. The molecule has 0 N–H and O–H groups in total. The molecule has 4 rings (SSSR count). The maximum absolute atomic E-state index is 12.0. The number of hydrogen-bond donors (Lipinski definition) is 0. The van der Waals surface area contributed by atoms with Gasteiger partial charge in [0.05, 0.1) is 23.7 Å². The molecule has 0 spiro atoms. The minimum atomic E-state index is -0.334. The van der Waals surface area contributed by atoms with Crippen molar-refractivity contribution in [2.45, 2.75) is 38.8 Å². The van der Waals surface area contributed by atoms with Crippen LogP contribution in [0.5, 0.6) is 0 Å². The van der Waals surface area contributed by atoms with Crippen LogP contribution in [0.25, 0.3) is 11.1 Å². The first-order valence-electron chi connectivity index (χ1n) is 11.4. The van der Waals surface area contributed by atoms with Crippen LogP contribution in [0.2, 0.25) is 5.15 Å². The minimum absolute atomic E-state index is 0.0480. The summed E-state index contributed by atoms with van der Waals surface area (Å²) in [4.78, 5) is 18.0. The summed E-state index contributed by atoms with van der Waals surface area (Å²) in [6, 6.07) is 13.8. The second-order valence-corrected chi connectivity index (χ2v) is 9.43. The highest BCUT2D eigenvalue weighted by Gasteiger charge is 2.33.